The lowest BCUT2D eigenvalue weighted by Crippen LogP contribution is -2.34. The van der Waals surface area contributed by atoms with Crippen molar-refractivity contribution in [1.82, 2.24) is 15.2 Å². The first kappa shape index (κ1) is 15.4. The molecule has 2 N–H and O–H groups in total. The Bertz CT molecular complexity index is 741. The van der Waals surface area contributed by atoms with E-state index >= 15 is 0 Å². The largest absolute Gasteiger partial charge is 0.396 e. The number of fused-ring (bicyclic) bond motifs is 1. The van der Waals surface area contributed by atoms with E-state index in [-0.39, 0.29) is 30.3 Å². The van der Waals surface area contributed by atoms with Gasteiger partial charge in [-0.25, -0.2) is 0 Å². The Morgan fingerprint density at radius 3 is 2.83 bits per heavy atom. The molecule has 2 amide bonds. The number of carbonyl (C=O) groups is 2. The van der Waals surface area contributed by atoms with Crippen LogP contribution < -0.4 is 5.32 Å². The van der Waals surface area contributed by atoms with Crippen molar-refractivity contribution in [2.24, 2.45) is 11.8 Å². The third-order valence-corrected chi connectivity index (χ3v) is 4.42. The maximum atomic E-state index is 12.8. The van der Waals surface area contributed by atoms with Crippen LogP contribution in [0.25, 0.3) is 10.8 Å². The van der Waals surface area contributed by atoms with E-state index in [0.717, 1.165) is 10.8 Å². The monoisotopic (exact) mass is 313 g/mol. The average Bonchev–Trinajstić information content (AvgIpc) is 3.04. The van der Waals surface area contributed by atoms with Crippen LogP contribution in [-0.4, -0.2) is 53.5 Å². The fraction of sp³-hybridized carbons (Fsp3) is 0.353. The van der Waals surface area contributed by atoms with Gasteiger partial charge in [0.2, 0.25) is 5.91 Å². The number of aromatic nitrogens is 1. The summed E-state index contributed by atoms with van der Waals surface area (Å²) in [6.45, 7) is 0.539. The van der Waals surface area contributed by atoms with E-state index in [9.17, 15) is 14.7 Å². The molecule has 1 aliphatic heterocycles. The minimum atomic E-state index is -0.385. The summed E-state index contributed by atoms with van der Waals surface area (Å²) in [5.74, 6) is -0.977. The molecule has 0 spiro atoms. The highest BCUT2D eigenvalue weighted by Crippen LogP contribution is 2.26. The first-order chi connectivity index (χ1) is 11.2. The van der Waals surface area contributed by atoms with E-state index in [0.29, 0.717) is 18.8 Å². The minimum absolute atomic E-state index is 0.120. The van der Waals surface area contributed by atoms with Crippen molar-refractivity contribution >= 4 is 22.6 Å². The molecule has 6 heteroatoms. The molecule has 23 heavy (non-hydrogen) atoms. The van der Waals surface area contributed by atoms with Crippen LogP contribution in [0.4, 0.5) is 0 Å². The smallest absolute Gasteiger partial charge is 0.273 e. The molecule has 1 saturated heterocycles. The highest BCUT2D eigenvalue weighted by Gasteiger charge is 2.39. The zero-order valence-corrected chi connectivity index (χ0v) is 12.9. The standard InChI is InChI=1S/C17H19N3O3/c1-18-16(22)14-9-20(8-12(14)10-21)17(23)15-13-5-3-2-4-11(13)6-7-19-15/h2-7,12,14,21H,8-10H2,1H3,(H,18,22)/t12-,14+/m0/s1. The normalized spacial score (nSPS) is 20.7. The van der Waals surface area contributed by atoms with Crippen LogP contribution in [0, 0.1) is 11.8 Å². The minimum Gasteiger partial charge on any atom is -0.396 e. The van der Waals surface area contributed by atoms with Gasteiger partial charge in [-0.1, -0.05) is 24.3 Å². The van der Waals surface area contributed by atoms with Gasteiger partial charge >= 0.3 is 0 Å². The van der Waals surface area contributed by atoms with Crippen LogP contribution >= 0.6 is 0 Å². The Kier molecular flexibility index (Phi) is 4.25. The molecule has 6 nitrogen and oxygen atoms in total. The zero-order chi connectivity index (χ0) is 16.4. The van der Waals surface area contributed by atoms with E-state index in [1.54, 1.807) is 18.1 Å². The van der Waals surface area contributed by atoms with Gasteiger partial charge in [0.1, 0.15) is 5.69 Å². The molecule has 0 aliphatic carbocycles. The number of amides is 2. The van der Waals surface area contributed by atoms with Crippen molar-refractivity contribution in [3.8, 4) is 0 Å². The average molecular weight is 313 g/mol. The lowest BCUT2D eigenvalue weighted by Gasteiger charge is -2.16. The first-order valence-corrected chi connectivity index (χ1v) is 7.61. The van der Waals surface area contributed by atoms with Gasteiger partial charge in [-0.2, -0.15) is 0 Å². The predicted octanol–water partition coefficient (Wildman–Crippen LogP) is 0.661. The van der Waals surface area contributed by atoms with E-state index in [1.165, 1.54) is 0 Å². The number of hydrogen-bond acceptors (Lipinski definition) is 4. The third kappa shape index (κ3) is 2.77. The second-order valence-corrected chi connectivity index (χ2v) is 5.75. The Labute approximate surface area is 134 Å². The Morgan fingerprint density at radius 2 is 2.09 bits per heavy atom. The van der Waals surface area contributed by atoms with Crippen LogP contribution in [-0.2, 0) is 4.79 Å². The van der Waals surface area contributed by atoms with E-state index in [1.807, 2.05) is 30.3 Å². The molecule has 0 saturated carbocycles. The van der Waals surface area contributed by atoms with Crippen LogP contribution in [0.3, 0.4) is 0 Å². The molecule has 2 atom stereocenters. The number of nitrogens with zero attached hydrogens (tertiary/aromatic N) is 2. The zero-order valence-electron chi connectivity index (χ0n) is 12.9. The molecular weight excluding hydrogens is 294 g/mol. The summed E-state index contributed by atoms with van der Waals surface area (Å²) < 4.78 is 0. The number of pyridine rings is 1. The second-order valence-electron chi connectivity index (χ2n) is 5.75. The number of aliphatic hydroxyl groups is 1. The summed E-state index contributed by atoms with van der Waals surface area (Å²) in [6.07, 6.45) is 1.62. The number of nitrogens with one attached hydrogen (secondary N) is 1. The van der Waals surface area contributed by atoms with Crippen molar-refractivity contribution in [3.63, 3.8) is 0 Å². The van der Waals surface area contributed by atoms with Crippen molar-refractivity contribution in [3.05, 3.63) is 42.2 Å². The molecule has 0 unspecified atom stereocenters. The van der Waals surface area contributed by atoms with Gasteiger partial charge in [-0.15, -0.1) is 0 Å². The summed E-state index contributed by atoms with van der Waals surface area (Å²) in [4.78, 5) is 30.6. The lowest BCUT2D eigenvalue weighted by atomic mass is 9.96. The fourth-order valence-electron chi connectivity index (χ4n) is 3.14. The molecule has 3 rings (SSSR count). The number of hydrogen-bond donors (Lipinski definition) is 2. The quantitative estimate of drug-likeness (QED) is 0.872. The maximum absolute atomic E-state index is 12.8. The molecule has 1 aliphatic rings. The number of likely N-dealkylation sites (tertiary alicyclic amines) is 1. The van der Waals surface area contributed by atoms with Gasteiger partial charge in [0.05, 0.1) is 5.92 Å². The highest BCUT2D eigenvalue weighted by atomic mass is 16.3. The SMILES string of the molecule is CNC(=O)[C@@H]1CN(C(=O)c2nccc3ccccc23)C[C@H]1CO. The van der Waals surface area contributed by atoms with Crippen molar-refractivity contribution < 1.29 is 14.7 Å². The summed E-state index contributed by atoms with van der Waals surface area (Å²) in [5.41, 5.74) is 0.386. The van der Waals surface area contributed by atoms with Gasteiger partial charge in [0, 0.05) is 44.2 Å². The maximum Gasteiger partial charge on any atom is 0.273 e. The fourth-order valence-corrected chi connectivity index (χ4v) is 3.14. The van der Waals surface area contributed by atoms with Crippen LogP contribution in [0.2, 0.25) is 0 Å². The topological polar surface area (TPSA) is 82.5 Å². The Hall–Kier alpha value is -2.47. The molecule has 2 heterocycles. The molecule has 1 aromatic heterocycles. The second kappa shape index (κ2) is 6.34. The molecule has 1 fully saturated rings. The van der Waals surface area contributed by atoms with Gasteiger partial charge < -0.3 is 15.3 Å². The number of rotatable bonds is 3. The van der Waals surface area contributed by atoms with Crippen molar-refractivity contribution in [2.45, 2.75) is 0 Å². The lowest BCUT2D eigenvalue weighted by molar-refractivity contribution is -0.125. The van der Waals surface area contributed by atoms with E-state index in [4.69, 9.17) is 0 Å². The Balaban J connectivity index is 1.90. The van der Waals surface area contributed by atoms with Gasteiger partial charge in [0.25, 0.3) is 5.91 Å². The van der Waals surface area contributed by atoms with Crippen molar-refractivity contribution in [1.29, 1.82) is 0 Å². The molecular formula is C17H19N3O3. The summed E-state index contributed by atoms with van der Waals surface area (Å²) in [7, 11) is 1.56. The van der Waals surface area contributed by atoms with Crippen LogP contribution in [0.15, 0.2) is 36.5 Å². The highest BCUT2D eigenvalue weighted by molar-refractivity contribution is 6.05. The molecule has 0 radical (unpaired) electrons. The number of aliphatic hydroxyl groups excluding tert-OH is 1. The summed E-state index contributed by atoms with van der Waals surface area (Å²) in [5, 5.41) is 13.8. The van der Waals surface area contributed by atoms with E-state index < -0.39 is 0 Å². The van der Waals surface area contributed by atoms with Gasteiger partial charge in [-0.05, 0) is 11.5 Å². The summed E-state index contributed by atoms with van der Waals surface area (Å²) in [6, 6.07) is 9.44. The van der Waals surface area contributed by atoms with Gasteiger partial charge in [-0.3, -0.25) is 14.6 Å². The van der Waals surface area contributed by atoms with Crippen LogP contribution in [0.1, 0.15) is 10.5 Å². The van der Waals surface area contributed by atoms with Crippen molar-refractivity contribution in [2.75, 3.05) is 26.7 Å². The molecule has 2 aromatic rings. The van der Waals surface area contributed by atoms with E-state index in [2.05, 4.69) is 10.3 Å². The Morgan fingerprint density at radius 1 is 1.30 bits per heavy atom. The molecule has 120 valence electrons. The summed E-state index contributed by atoms with van der Waals surface area (Å²) >= 11 is 0. The molecule has 0 bridgehead atoms. The first-order valence-electron chi connectivity index (χ1n) is 7.61. The predicted molar refractivity (Wildman–Crippen MR) is 85.8 cm³/mol. The van der Waals surface area contributed by atoms with Crippen LogP contribution in [0.5, 0.6) is 0 Å². The van der Waals surface area contributed by atoms with Gasteiger partial charge in [0.15, 0.2) is 0 Å². The number of carbonyl (C=O) groups excluding carboxylic acids is 2. The molecule has 1 aromatic carbocycles. The third-order valence-electron chi connectivity index (χ3n) is 4.42. The number of benzene rings is 1.